The van der Waals surface area contributed by atoms with Gasteiger partial charge >= 0.3 is 0 Å². The Labute approximate surface area is 88.6 Å². The van der Waals surface area contributed by atoms with Gasteiger partial charge in [-0.25, -0.2) is 4.79 Å². The van der Waals surface area contributed by atoms with Crippen molar-refractivity contribution in [3.63, 3.8) is 0 Å². The Bertz CT molecular complexity index is 392. The molecule has 0 bridgehead atoms. The molecule has 0 radical (unpaired) electrons. The van der Waals surface area contributed by atoms with E-state index < -0.39 is 5.54 Å². The van der Waals surface area contributed by atoms with E-state index in [4.69, 9.17) is 11.6 Å². The average molecular weight is 210 g/mol. The highest BCUT2D eigenvalue weighted by Gasteiger charge is 2.19. The van der Waals surface area contributed by atoms with Crippen LogP contribution in [0.2, 0.25) is 5.02 Å². The van der Waals surface area contributed by atoms with Crippen molar-refractivity contribution in [2.45, 2.75) is 26.3 Å². The Kier molecular flexibility index (Phi) is 3.10. The largest absolute Gasteiger partial charge is 0.235 e. The van der Waals surface area contributed by atoms with E-state index in [1.54, 1.807) is 6.08 Å². The number of benzene rings is 1. The van der Waals surface area contributed by atoms with Crippen molar-refractivity contribution in [3.8, 4) is 0 Å². The van der Waals surface area contributed by atoms with Crippen LogP contribution in [0.4, 0.5) is 0 Å². The molecule has 0 atom stereocenters. The molecular weight excluding hydrogens is 198 g/mol. The van der Waals surface area contributed by atoms with E-state index >= 15 is 0 Å². The predicted octanol–water partition coefficient (Wildman–Crippen LogP) is 3.22. The van der Waals surface area contributed by atoms with E-state index in [1.165, 1.54) is 0 Å². The second-order valence-corrected chi connectivity index (χ2v) is 4.13. The third-order valence-electron chi connectivity index (χ3n) is 2.19. The summed E-state index contributed by atoms with van der Waals surface area (Å²) in [6, 6.07) is 5.62. The SMILES string of the molecule is Cc1cc(C(C)(C)N=C=O)ccc1Cl. The predicted molar refractivity (Wildman–Crippen MR) is 57.3 cm³/mol. The molecule has 0 heterocycles. The van der Waals surface area contributed by atoms with Gasteiger partial charge < -0.3 is 0 Å². The fraction of sp³-hybridized carbons (Fsp3) is 0.364. The Morgan fingerprint density at radius 2 is 2.07 bits per heavy atom. The second kappa shape index (κ2) is 3.95. The molecule has 74 valence electrons. The monoisotopic (exact) mass is 209 g/mol. The van der Waals surface area contributed by atoms with Crippen molar-refractivity contribution in [2.75, 3.05) is 0 Å². The molecule has 0 saturated heterocycles. The quantitative estimate of drug-likeness (QED) is 0.543. The van der Waals surface area contributed by atoms with E-state index in [9.17, 15) is 4.79 Å². The molecule has 0 saturated carbocycles. The van der Waals surface area contributed by atoms with E-state index in [0.717, 1.165) is 16.1 Å². The third-order valence-corrected chi connectivity index (χ3v) is 2.61. The maximum absolute atomic E-state index is 10.2. The van der Waals surface area contributed by atoms with Crippen molar-refractivity contribution >= 4 is 17.7 Å². The number of carbonyl (C=O) groups excluding carboxylic acids is 1. The molecule has 1 aromatic rings. The summed E-state index contributed by atoms with van der Waals surface area (Å²) < 4.78 is 0. The fourth-order valence-corrected chi connectivity index (χ4v) is 1.32. The maximum Gasteiger partial charge on any atom is 0.235 e. The molecule has 0 aliphatic heterocycles. The van der Waals surface area contributed by atoms with Crippen molar-refractivity contribution in [2.24, 2.45) is 4.99 Å². The summed E-state index contributed by atoms with van der Waals surface area (Å²) in [5.74, 6) is 0. The molecule has 0 amide bonds. The Morgan fingerprint density at radius 3 is 2.57 bits per heavy atom. The number of aryl methyl sites for hydroxylation is 1. The summed E-state index contributed by atoms with van der Waals surface area (Å²) in [4.78, 5) is 14.0. The molecule has 0 unspecified atom stereocenters. The number of hydrogen-bond donors (Lipinski definition) is 0. The van der Waals surface area contributed by atoms with Gasteiger partial charge in [0.05, 0.1) is 5.54 Å². The van der Waals surface area contributed by atoms with Gasteiger partial charge in [-0.15, -0.1) is 0 Å². The average Bonchev–Trinajstić information content (AvgIpc) is 2.09. The van der Waals surface area contributed by atoms with Crippen LogP contribution in [0.1, 0.15) is 25.0 Å². The zero-order valence-corrected chi connectivity index (χ0v) is 9.22. The maximum atomic E-state index is 10.2. The van der Waals surface area contributed by atoms with Gasteiger partial charge in [-0.2, -0.15) is 4.99 Å². The first-order valence-electron chi connectivity index (χ1n) is 4.33. The molecule has 3 heteroatoms. The highest BCUT2D eigenvalue weighted by atomic mass is 35.5. The lowest BCUT2D eigenvalue weighted by Gasteiger charge is -2.18. The van der Waals surface area contributed by atoms with Crippen molar-refractivity contribution < 1.29 is 4.79 Å². The normalized spacial score (nSPS) is 10.9. The van der Waals surface area contributed by atoms with Crippen LogP contribution in [0.15, 0.2) is 23.2 Å². The molecule has 1 aromatic carbocycles. The first kappa shape index (κ1) is 11.0. The lowest BCUT2D eigenvalue weighted by Crippen LogP contribution is -2.13. The van der Waals surface area contributed by atoms with E-state index in [1.807, 2.05) is 39.0 Å². The van der Waals surface area contributed by atoms with Crippen LogP contribution in [0.25, 0.3) is 0 Å². The van der Waals surface area contributed by atoms with Gasteiger partial charge in [0.1, 0.15) is 0 Å². The summed E-state index contributed by atoms with van der Waals surface area (Å²) >= 11 is 5.90. The molecular formula is C11H12ClNO. The minimum Gasteiger partial charge on any atom is -0.211 e. The minimum atomic E-state index is -0.531. The number of nitrogens with zero attached hydrogens (tertiary/aromatic N) is 1. The van der Waals surface area contributed by atoms with Gasteiger partial charge in [0.2, 0.25) is 6.08 Å². The van der Waals surface area contributed by atoms with Crippen LogP contribution < -0.4 is 0 Å². The van der Waals surface area contributed by atoms with E-state index in [-0.39, 0.29) is 0 Å². The molecule has 0 N–H and O–H groups in total. The molecule has 14 heavy (non-hydrogen) atoms. The number of isocyanates is 1. The zero-order chi connectivity index (χ0) is 10.8. The molecule has 0 fully saturated rings. The summed E-state index contributed by atoms with van der Waals surface area (Å²) in [6.45, 7) is 5.65. The van der Waals surface area contributed by atoms with Gasteiger partial charge in [0.15, 0.2) is 0 Å². The van der Waals surface area contributed by atoms with E-state index in [0.29, 0.717) is 0 Å². The van der Waals surface area contributed by atoms with Crippen molar-refractivity contribution in [3.05, 3.63) is 34.3 Å². The summed E-state index contributed by atoms with van der Waals surface area (Å²) in [5.41, 5.74) is 1.41. The molecule has 0 aliphatic carbocycles. The van der Waals surface area contributed by atoms with E-state index in [2.05, 4.69) is 4.99 Å². The van der Waals surface area contributed by atoms with Gasteiger partial charge in [-0.1, -0.05) is 23.7 Å². The van der Waals surface area contributed by atoms with Crippen molar-refractivity contribution in [1.82, 2.24) is 0 Å². The first-order chi connectivity index (χ1) is 6.47. The van der Waals surface area contributed by atoms with Gasteiger partial charge in [0.25, 0.3) is 0 Å². The fourth-order valence-electron chi connectivity index (χ4n) is 1.20. The second-order valence-electron chi connectivity index (χ2n) is 3.73. The van der Waals surface area contributed by atoms with Crippen LogP contribution in [0.3, 0.4) is 0 Å². The highest BCUT2D eigenvalue weighted by molar-refractivity contribution is 6.31. The number of rotatable bonds is 2. The standard InChI is InChI=1S/C11H12ClNO/c1-8-6-9(4-5-10(8)12)11(2,3)13-7-14/h4-6H,1-3H3. The Balaban J connectivity index is 3.20. The molecule has 0 aliphatic rings. The third kappa shape index (κ3) is 2.22. The van der Waals surface area contributed by atoms with Crippen LogP contribution >= 0.6 is 11.6 Å². The number of hydrogen-bond acceptors (Lipinski definition) is 2. The topological polar surface area (TPSA) is 29.4 Å². The molecule has 1 rings (SSSR count). The minimum absolute atomic E-state index is 0.531. The lowest BCUT2D eigenvalue weighted by molar-refractivity contribution is 0.522. The summed E-state index contributed by atoms with van der Waals surface area (Å²) in [6.07, 6.45) is 1.58. The van der Waals surface area contributed by atoms with Gasteiger partial charge in [-0.3, -0.25) is 0 Å². The van der Waals surface area contributed by atoms with Gasteiger partial charge in [-0.05, 0) is 38.0 Å². The number of halogens is 1. The zero-order valence-electron chi connectivity index (χ0n) is 8.47. The summed E-state index contributed by atoms with van der Waals surface area (Å²) in [5, 5.41) is 0.722. The van der Waals surface area contributed by atoms with Crippen molar-refractivity contribution in [1.29, 1.82) is 0 Å². The summed E-state index contributed by atoms with van der Waals surface area (Å²) in [7, 11) is 0. The highest BCUT2D eigenvalue weighted by Crippen LogP contribution is 2.27. The lowest BCUT2D eigenvalue weighted by atomic mass is 9.94. The molecule has 2 nitrogen and oxygen atoms in total. The van der Waals surface area contributed by atoms with Gasteiger partial charge in [0, 0.05) is 5.02 Å². The Hall–Kier alpha value is -1.11. The first-order valence-corrected chi connectivity index (χ1v) is 4.71. The van der Waals surface area contributed by atoms with Crippen LogP contribution in [0.5, 0.6) is 0 Å². The van der Waals surface area contributed by atoms with Crippen LogP contribution in [-0.4, -0.2) is 6.08 Å². The van der Waals surface area contributed by atoms with Crippen LogP contribution in [-0.2, 0) is 10.3 Å². The van der Waals surface area contributed by atoms with Crippen LogP contribution in [0, 0.1) is 6.92 Å². The smallest absolute Gasteiger partial charge is 0.211 e. The number of aliphatic imine (C=N–C) groups is 1. The molecule has 0 spiro atoms. The Morgan fingerprint density at radius 1 is 1.43 bits per heavy atom. The molecule has 0 aromatic heterocycles.